The number of nitrogen functional groups attached to an aromatic ring is 1. The molecule has 4 rings (SSSR count). The zero-order chi connectivity index (χ0) is 20.6. The van der Waals surface area contributed by atoms with E-state index in [4.69, 9.17) is 11.5 Å². The van der Waals surface area contributed by atoms with Crippen molar-refractivity contribution in [3.05, 3.63) is 48.5 Å². The van der Waals surface area contributed by atoms with Gasteiger partial charge in [0.05, 0.1) is 17.1 Å². The molecule has 1 aromatic carbocycles. The number of anilines is 3. The van der Waals surface area contributed by atoms with E-state index in [-0.39, 0.29) is 11.5 Å². The van der Waals surface area contributed by atoms with E-state index in [2.05, 4.69) is 48.6 Å². The van der Waals surface area contributed by atoms with Gasteiger partial charge in [0.1, 0.15) is 5.69 Å². The topological polar surface area (TPSA) is 139 Å². The summed E-state index contributed by atoms with van der Waals surface area (Å²) in [7, 11) is 1.96. The van der Waals surface area contributed by atoms with Gasteiger partial charge in [-0.05, 0) is 31.0 Å². The highest BCUT2D eigenvalue weighted by Gasteiger charge is 2.18. The molecule has 29 heavy (non-hydrogen) atoms. The summed E-state index contributed by atoms with van der Waals surface area (Å²) in [5.74, 6) is 0.174. The first-order valence-corrected chi connectivity index (χ1v) is 9.46. The van der Waals surface area contributed by atoms with Gasteiger partial charge in [0, 0.05) is 50.3 Å². The van der Waals surface area contributed by atoms with Crippen molar-refractivity contribution in [2.24, 2.45) is 5.73 Å². The van der Waals surface area contributed by atoms with Gasteiger partial charge in [-0.2, -0.15) is 5.10 Å². The molecule has 0 radical (unpaired) electrons. The number of hydrogen-bond donors (Lipinski definition) is 4. The molecule has 1 fully saturated rings. The molecule has 1 aliphatic rings. The van der Waals surface area contributed by atoms with Gasteiger partial charge in [-0.3, -0.25) is 9.89 Å². The first kappa shape index (κ1) is 20.3. The van der Waals surface area contributed by atoms with E-state index >= 15 is 0 Å². The van der Waals surface area contributed by atoms with Crippen molar-refractivity contribution in [2.75, 3.05) is 36.1 Å². The summed E-state index contributed by atoms with van der Waals surface area (Å²) in [6, 6.07) is 8.82. The number of piperidine rings is 1. The van der Waals surface area contributed by atoms with Gasteiger partial charge in [0.15, 0.2) is 12.1 Å². The van der Waals surface area contributed by atoms with Crippen molar-refractivity contribution >= 4 is 23.5 Å². The van der Waals surface area contributed by atoms with Crippen LogP contribution in [0, 0.1) is 0 Å². The monoisotopic (exact) mass is 394 g/mol. The van der Waals surface area contributed by atoms with Gasteiger partial charge >= 0.3 is 0 Å². The Hall–Kier alpha value is -3.46. The largest absolute Gasteiger partial charge is 0.386 e. The molecule has 1 aliphatic heterocycles. The first-order chi connectivity index (χ1) is 14.1. The lowest BCUT2D eigenvalue weighted by Crippen LogP contribution is -2.39. The van der Waals surface area contributed by atoms with Gasteiger partial charge in [-0.15, -0.1) is 0 Å². The molecule has 1 saturated heterocycles. The second kappa shape index (κ2) is 9.65. The fraction of sp³-hybridized carbons (Fsp3) is 0.300. The molecular formula is C20H26N8O. The Morgan fingerprint density at radius 3 is 2.52 bits per heavy atom. The van der Waals surface area contributed by atoms with Crippen molar-refractivity contribution in [1.82, 2.24) is 20.2 Å². The Morgan fingerprint density at radius 1 is 1.17 bits per heavy atom. The fourth-order valence-electron chi connectivity index (χ4n) is 3.19. The molecule has 3 aromatic rings. The van der Waals surface area contributed by atoms with E-state index in [1.54, 1.807) is 6.20 Å². The summed E-state index contributed by atoms with van der Waals surface area (Å²) in [5, 5.41) is 10.3. The molecule has 0 unspecified atom stereocenters. The molecule has 3 heterocycles. The molecule has 9 heteroatoms. The summed E-state index contributed by atoms with van der Waals surface area (Å²) < 4.78 is 0. The van der Waals surface area contributed by atoms with Gasteiger partial charge < -0.3 is 21.7 Å². The third-order valence-electron chi connectivity index (χ3n) is 4.83. The Morgan fingerprint density at radius 2 is 1.93 bits per heavy atom. The maximum absolute atomic E-state index is 10.0. The SMILES string of the molecule is CNc1cc(-c2ccn[nH]2)ccc1N1CCC(N)CC1.Nc1nccnc1C=O. The van der Waals surface area contributed by atoms with E-state index in [0.717, 1.165) is 42.9 Å². The predicted molar refractivity (Wildman–Crippen MR) is 115 cm³/mol. The number of nitrogens with two attached hydrogens (primary N) is 2. The van der Waals surface area contributed by atoms with Crippen LogP contribution in [0.5, 0.6) is 0 Å². The molecule has 6 N–H and O–H groups in total. The Kier molecular flexibility index (Phi) is 6.75. The van der Waals surface area contributed by atoms with Crippen molar-refractivity contribution in [3.8, 4) is 11.3 Å². The van der Waals surface area contributed by atoms with E-state index in [1.165, 1.54) is 18.1 Å². The third kappa shape index (κ3) is 5.08. The fourth-order valence-corrected chi connectivity index (χ4v) is 3.19. The normalized spacial score (nSPS) is 14.1. The van der Waals surface area contributed by atoms with Crippen LogP contribution in [0.4, 0.5) is 17.2 Å². The highest BCUT2D eigenvalue weighted by molar-refractivity contribution is 5.78. The maximum atomic E-state index is 10.0. The lowest BCUT2D eigenvalue weighted by atomic mass is 10.0. The Labute approximate surface area is 169 Å². The lowest BCUT2D eigenvalue weighted by molar-refractivity contribution is 0.111. The van der Waals surface area contributed by atoms with E-state index in [1.807, 2.05) is 13.1 Å². The number of aromatic amines is 1. The quantitative estimate of drug-likeness (QED) is 0.492. The van der Waals surface area contributed by atoms with Crippen LogP contribution in [0.15, 0.2) is 42.9 Å². The number of aromatic nitrogens is 4. The lowest BCUT2D eigenvalue weighted by Gasteiger charge is -2.33. The van der Waals surface area contributed by atoms with Crippen molar-refractivity contribution in [2.45, 2.75) is 18.9 Å². The number of H-pyrrole nitrogens is 1. The number of aldehydes is 1. The van der Waals surface area contributed by atoms with E-state index in [9.17, 15) is 4.79 Å². The van der Waals surface area contributed by atoms with Crippen molar-refractivity contribution < 1.29 is 4.79 Å². The number of carbonyl (C=O) groups is 1. The molecule has 9 nitrogen and oxygen atoms in total. The summed E-state index contributed by atoms with van der Waals surface area (Å²) in [4.78, 5) is 19.7. The molecule has 152 valence electrons. The maximum Gasteiger partial charge on any atom is 0.172 e. The second-order valence-electron chi connectivity index (χ2n) is 6.72. The number of rotatable bonds is 4. The molecule has 0 saturated carbocycles. The van der Waals surface area contributed by atoms with Crippen molar-refractivity contribution in [1.29, 1.82) is 0 Å². The minimum absolute atomic E-state index is 0.174. The number of nitrogens with zero attached hydrogens (tertiary/aromatic N) is 4. The van der Waals surface area contributed by atoms with Crippen LogP contribution in [0.1, 0.15) is 23.3 Å². The summed E-state index contributed by atoms with van der Waals surface area (Å²) >= 11 is 0. The minimum Gasteiger partial charge on any atom is -0.386 e. The average Bonchev–Trinajstić information content (AvgIpc) is 3.30. The zero-order valence-electron chi connectivity index (χ0n) is 16.4. The van der Waals surface area contributed by atoms with E-state index < -0.39 is 0 Å². The molecule has 0 spiro atoms. The summed E-state index contributed by atoms with van der Waals surface area (Å²) in [5.41, 5.74) is 16.0. The van der Waals surface area contributed by atoms with Crippen LogP contribution in [-0.4, -0.2) is 52.6 Å². The molecule has 0 bridgehead atoms. The standard InChI is InChI=1S/C15H21N5.C5H5N3O/c1-17-14-10-11(13-4-7-18-19-13)2-3-15(14)20-8-5-12(16)6-9-20;6-5-4(3-9)7-1-2-8-5/h2-4,7,10,12,17H,5-6,8-9,16H2,1H3,(H,18,19);1-3H,(H2,6,8). The molecule has 2 aromatic heterocycles. The van der Waals surface area contributed by atoms with Crippen molar-refractivity contribution in [3.63, 3.8) is 0 Å². The molecule has 0 atom stereocenters. The number of carbonyl (C=O) groups excluding carboxylic acids is 1. The zero-order valence-corrected chi connectivity index (χ0v) is 16.4. The summed E-state index contributed by atoms with van der Waals surface area (Å²) in [6.45, 7) is 2.05. The number of benzene rings is 1. The van der Waals surface area contributed by atoms with E-state index in [0.29, 0.717) is 12.3 Å². The van der Waals surface area contributed by atoms with Crippen LogP contribution >= 0.6 is 0 Å². The highest BCUT2D eigenvalue weighted by Crippen LogP contribution is 2.32. The average molecular weight is 394 g/mol. The van der Waals surface area contributed by atoms with Crippen LogP contribution in [0.3, 0.4) is 0 Å². The van der Waals surface area contributed by atoms with Gasteiger partial charge in [0.25, 0.3) is 0 Å². The first-order valence-electron chi connectivity index (χ1n) is 9.46. The van der Waals surface area contributed by atoms with Gasteiger partial charge in [-0.25, -0.2) is 9.97 Å². The van der Waals surface area contributed by atoms with Crippen LogP contribution in [-0.2, 0) is 0 Å². The highest BCUT2D eigenvalue weighted by atomic mass is 16.1. The summed E-state index contributed by atoms with van der Waals surface area (Å²) in [6.07, 6.45) is 7.32. The molecular weight excluding hydrogens is 368 g/mol. The Bertz CT molecular complexity index is 920. The number of hydrogen-bond acceptors (Lipinski definition) is 8. The molecule has 0 amide bonds. The smallest absolute Gasteiger partial charge is 0.172 e. The van der Waals surface area contributed by atoms with Crippen LogP contribution in [0.25, 0.3) is 11.3 Å². The molecule has 0 aliphatic carbocycles. The second-order valence-corrected chi connectivity index (χ2v) is 6.72. The van der Waals surface area contributed by atoms with Crippen LogP contribution < -0.4 is 21.7 Å². The predicted octanol–water partition coefficient (Wildman–Crippen LogP) is 1.92. The minimum atomic E-state index is 0.174. The number of nitrogens with one attached hydrogen (secondary N) is 2. The van der Waals surface area contributed by atoms with Crippen LogP contribution in [0.2, 0.25) is 0 Å². The third-order valence-corrected chi connectivity index (χ3v) is 4.83. The van der Waals surface area contributed by atoms with Gasteiger partial charge in [0.2, 0.25) is 0 Å². The van der Waals surface area contributed by atoms with Gasteiger partial charge in [-0.1, -0.05) is 6.07 Å². The Balaban J connectivity index is 0.000000224.